The van der Waals surface area contributed by atoms with E-state index in [9.17, 15) is 0 Å². The fourth-order valence-corrected chi connectivity index (χ4v) is 0.706. The molecule has 0 amide bonds. The Bertz CT molecular complexity index is 54.2. The minimum absolute atomic E-state index is 0. The maximum Gasteiger partial charge on any atom is 0 e. The molecule has 0 aromatic carbocycles. The second kappa shape index (κ2) is 7.10. The minimum Gasteiger partial charge on any atom is -0.693 e. The van der Waals surface area contributed by atoms with Crippen molar-refractivity contribution in [1.82, 2.24) is 4.90 Å². The third-order valence-corrected chi connectivity index (χ3v) is 1.28. The molecule has 9 heavy (non-hydrogen) atoms. The van der Waals surface area contributed by atoms with Crippen molar-refractivity contribution in [2.75, 3.05) is 33.2 Å². The molecule has 0 aromatic rings. The van der Waals surface area contributed by atoms with Gasteiger partial charge in [-0.3, -0.25) is 0 Å². The summed E-state index contributed by atoms with van der Waals surface area (Å²) in [6, 6.07) is 0. The first-order valence-electron chi connectivity index (χ1n) is 2.71. The zero-order chi connectivity index (χ0) is 5.11. The third kappa shape index (κ3) is 5.43. The van der Waals surface area contributed by atoms with Gasteiger partial charge in [0.1, 0.15) is 0 Å². The van der Waals surface area contributed by atoms with Crippen molar-refractivity contribution in [2.24, 2.45) is 0 Å². The van der Waals surface area contributed by atoms with Crippen LogP contribution in [-0.4, -0.2) is 38.1 Å². The van der Waals surface area contributed by atoms with E-state index in [0.29, 0.717) is 0 Å². The van der Waals surface area contributed by atoms with Crippen LogP contribution in [0.1, 0.15) is 0 Å². The quantitative estimate of drug-likeness (QED) is 0.581. The van der Waals surface area contributed by atoms with Crippen molar-refractivity contribution >= 4 is 0 Å². The molecular formula is C5H13N3Y-2. The van der Waals surface area contributed by atoms with E-state index in [1.165, 1.54) is 0 Å². The number of hydrogen-bond donors (Lipinski definition) is 0. The fourth-order valence-electron chi connectivity index (χ4n) is 0.706. The molecular weight excluding hydrogens is 191 g/mol. The van der Waals surface area contributed by atoms with Crippen molar-refractivity contribution < 1.29 is 32.7 Å². The summed E-state index contributed by atoms with van der Waals surface area (Å²) in [5.74, 6) is 0. The Kier molecular flexibility index (Phi) is 9.97. The number of hydrogen-bond acceptors (Lipinski definition) is 1. The van der Waals surface area contributed by atoms with Gasteiger partial charge in [0.15, 0.2) is 0 Å². The molecule has 0 unspecified atom stereocenters. The smallest absolute Gasteiger partial charge is 0 e. The topological polar surface area (TPSA) is 50.8 Å². The molecule has 0 bridgehead atoms. The Morgan fingerprint density at radius 3 is 1.89 bits per heavy atom. The van der Waals surface area contributed by atoms with Crippen molar-refractivity contribution in [3.05, 3.63) is 11.5 Å². The summed E-state index contributed by atoms with van der Waals surface area (Å²) in [6.45, 7) is 4.38. The van der Waals surface area contributed by atoms with Crippen LogP contribution in [0.25, 0.3) is 11.5 Å². The van der Waals surface area contributed by atoms with Crippen LogP contribution in [0.4, 0.5) is 0 Å². The van der Waals surface area contributed by atoms with Crippen LogP contribution in [0.15, 0.2) is 0 Å². The molecule has 0 spiro atoms. The summed E-state index contributed by atoms with van der Waals surface area (Å²) >= 11 is 0. The zero-order valence-corrected chi connectivity index (χ0v) is 8.72. The molecule has 1 saturated heterocycles. The van der Waals surface area contributed by atoms with Gasteiger partial charge in [-0.15, -0.1) is 13.1 Å². The molecule has 53 valence electrons. The molecule has 0 aliphatic carbocycles. The van der Waals surface area contributed by atoms with Gasteiger partial charge in [0, 0.05) is 32.7 Å². The second-order valence-electron chi connectivity index (χ2n) is 1.97. The number of piperazine rings is 1. The van der Waals surface area contributed by atoms with Crippen molar-refractivity contribution in [3.63, 3.8) is 0 Å². The van der Waals surface area contributed by atoms with E-state index in [0.717, 1.165) is 26.2 Å². The molecule has 0 aromatic heterocycles. The van der Waals surface area contributed by atoms with Crippen LogP contribution in [0, 0.1) is 0 Å². The molecule has 1 aliphatic heterocycles. The summed E-state index contributed by atoms with van der Waals surface area (Å²) < 4.78 is 0. The Morgan fingerprint density at radius 2 is 1.67 bits per heavy atom. The van der Waals surface area contributed by atoms with E-state index < -0.39 is 0 Å². The van der Waals surface area contributed by atoms with Gasteiger partial charge in [0.2, 0.25) is 0 Å². The van der Waals surface area contributed by atoms with Gasteiger partial charge >= 0.3 is 0 Å². The van der Waals surface area contributed by atoms with E-state index in [1.54, 1.807) is 0 Å². The van der Waals surface area contributed by atoms with E-state index in [-0.39, 0.29) is 38.9 Å². The molecule has 1 rings (SSSR count). The first kappa shape index (κ1) is 12.6. The largest absolute Gasteiger partial charge is 0.693 e. The van der Waals surface area contributed by atoms with Crippen LogP contribution >= 0.6 is 0 Å². The van der Waals surface area contributed by atoms with Crippen LogP contribution in [0.2, 0.25) is 0 Å². The van der Waals surface area contributed by atoms with E-state index in [1.807, 2.05) is 0 Å². The van der Waals surface area contributed by atoms with Crippen LogP contribution in [0.3, 0.4) is 0 Å². The minimum atomic E-state index is 0. The summed E-state index contributed by atoms with van der Waals surface area (Å²) in [6.07, 6.45) is 0. The normalized spacial score (nSPS) is 19.7. The molecule has 1 radical (unpaired) electrons. The third-order valence-electron chi connectivity index (χ3n) is 1.28. The Morgan fingerprint density at radius 1 is 1.22 bits per heavy atom. The number of likely N-dealkylation sites (N-methyl/N-ethyl adjacent to an activating group) is 1. The summed E-state index contributed by atoms with van der Waals surface area (Å²) in [5, 5.41) is 4.19. The Hall–Kier alpha value is 0.984. The van der Waals surface area contributed by atoms with Gasteiger partial charge in [-0.25, -0.2) is 0 Å². The van der Waals surface area contributed by atoms with Crippen molar-refractivity contribution in [1.29, 1.82) is 0 Å². The molecule has 1 heterocycles. The maximum absolute atomic E-state index is 4.19. The predicted molar refractivity (Wildman–Crippen MR) is 35.9 cm³/mol. The number of rotatable bonds is 0. The van der Waals surface area contributed by atoms with Crippen molar-refractivity contribution in [3.8, 4) is 0 Å². The van der Waals surface area contributed by atoms with E-state index >= 15 is 0 Å². The van der Waals surface area contributed by atoms with Crippen LogP contribution in [0.5, 0.6) is 0 Å². The maximum atomic E-state index is 4.19. The van der Waals surface area contributed by atoms with Crippen LogP contribution < -0.4 is 0 Å². The zero-order valence-electron chi connectivity index (χ0n) is 5.88. The fraction of sp³-hybridized carbons (Fsp3) is 1.00. The van der Waals surface area contributed by atoms with Gasteiger partial charge in [0.05, 0.1) is 0 Å². The summed E-state index contributed by atoms with van der Waals surface area (Å²) in [5.41, 5.74) is 0. The van der Waals surface area contributed by atoms with Gasteiger partial charge in [-0.1, -0.05) is 0 Å². The second-order valence-corrected chi connectivity index (χ2v) is 1.97. The van der Waals surface area contributed by atoms with E-state index in [2.05, 4.69) is 17.3 Å². The number of nitrogens with zero attached hydrogens (tertiary/aromatic N) is 2. The molecule has 0 saturated carbocycles. The molecule has 1 fully saturated rings. The van der Waals surface area contributed by atoms with Crippen molar-refractivity contribution in [2.45, 2.75) is 0 Å². The molecule has 2 N–H and O–H groups in total. The van der Waals surface area contributed by atoms with Crippen LogP contribution in [-0.2, 0) is 32.7 Å². The first-order valence-corrected chi connectivity index (χ1v) is 2.71. The summed E-state index contributed by atoms with van der Waals surface area (Å²) in [4.78, 5) is 2.30. The first-order chi connectivity index (χ1) is 3.39. The molecule has 4 heteroatoms. The average Bonchev–Trinajstić information content (AvgIpc) is 1.69. The van der Waals surface area contributed by atoms with Gasteiger partial charge in [-0.2, -0.15) is 0 Å². The Balaban J connectivity index is 0. The van der Waals surface area contributed by atoms with Gasteiger partial charge in [-0.05, 0) is 20.1 Å². The van der Waals surface area contributed by atoms with E-state index in [4.69, 9.17) is 0 Å². The predicted octanol–water partition coefficient (Wildman–Crippen LogP) is 1.02. The standard InChI is InChI=1S/C5H11N2.H2N.Y/c1-7-4-2-6-3-5-7;;/h2-5H2,1H3;1H2;/q2*-1;. The number of nitrogens with two attached hydrogens (primary N) is 1. The molecule has 1 aliphatic rings. The average molecular weight is 204 g/mol. The SMILES string of the molecule is CN1CC[N-]CC1.[NH2-].[Y]. The molecule has 0 atom stereocenters. The van der Waals surface area contributed by atoms with Gasteiger partial charge in [0.25, 0.3) is 0 Å². The Labute approximate surface area is 82.0 Å². The monoisotopic (exact) mass is 204 g/mol. The molecule has 3 nitrogen and oxygen atoms in total. The summed E-state index contributed by atoms with van der Waals surface area (Å²) in [7, 11) is 2.13. The van der Waals surface area contributed by atoms with Gasteiger partial charge < -0.3 is 16.4 Å².